The molecule has 0 spiro atoms. The van der Waals surface area contributed by atoms with Gasteiger partial charge in [-0.1, -0.05) is 59.6 Å². The Hall–Kier alpha value is -2.04. The highest BCUT2D eigenvalue weighted by atomic mass is 35.5. The van der Waals surface area contributed by atoms with E-state index in [1.54, 1.807) is 18.2 Å². The van der Waals surface area contributed by atoms with Crippen LogP contribution in [0.2, 0.25) is 10.0 Å². The minimum Gasteiger partial charge on any atom is -0.466 e. The molecule has 0 saturated heterocycles. The molecule has 2 rings (SSSR count). The van der Waals surface area contributed by atoms with Crippen LogP contribution in [-0.4, -0.2) is 18.5 Å². The van der Waals surface area contributed by atoms with Gasteiger partial charge in [0.15, 0.2) is 0 Å². The van der Waals surface area contributed by atoms with Gasteiger partial charge in [-0.3, -0.25) is 9.59 Å². The molecular formula is C20H21Cl2NO3. The third-order valence-electron chi connectivity index (χ3n) is 3.73. The van der Waals surface area contributed by atoms with E-state index < -0.39 is 0 Å². The van der Waals surface area contributed by atoms with Crippen LogP contribution in [0.4, 0.5) is 5.69 Å². The summed E-state index contributed by atoms with van der Waals surface area (Å²) in [6.45, 7) is 0.387. The predicted molar refractivity (Wildman–Crippen MR) is 105 cm³/mol. The maximum atomic E-state index is 11.9. The Balaban J connectivity index is 1.59. The smallest absolute Gasteiger partial charge is 0.305 e. The number of benzene rings is 2. The highest BCUT2D eigenvalue weighted by Crippen LogP contribution is 2.29. The van der Waals surface area contributed by atoms with E-state index in [0.29, 0.717) is 28.8 Å². The number of carbonyl (C=O) groups is 2. The number of rotatable bonds is 9. The zero-order valence-electron chi connectivity index (χ0n) is 14.3. The molecule has 0 aromatic heterocycles. The second-order valence-electron chi connectivity index (χ2n) is 5.81. The van der Waals surface area contributed by atoms with Crippen LogP contribution in [-0.2, 0) is 20.7 Å². The maximum Gasteiger partial charge on any atom is 0.305 e. The van der Waals surface area contributed by atoms with E-state index in [1.807, 2.05) is 30.3 Å². The molecular weight excluding hydrogens is 373 g/mol. The van der Waals surface area contributed by atoms with Gasteiger partial charge in [-0.05, 0) is 37.0 Å². The van der Waals surface area contributed by atoms with Crippen LogP contribution in [0.5, 0.6) is 0 Å². The van der Waals surface area contributed by atoms with E-state index >= 15 is 0 Å². The molecule has 0 bridgehead atoms. The molecule has 6 heteroatoms. The summed E-state index contributed by atoms with van der Waals surface area (Å²) in [5, 5.41) is 3.37. The molecule has 26 heavy (non-hydrogen) atoms. The molecule has 0 unspecified atom stereocenters. The Kier molecular flexibility index (Phi) is 8.45. The summed E-state index contributed by atoms with van der Waals surface area (Å²) in [5.74, 6) is -0.502. The first kappa shape index (κ1) is 20.3. The summed E-state index contributed by atoms with van der Waals surface area (Å²) in [6, 6.07) is 15.1. The largest absolute Gasteiger partial charge is 0.466 e. The molecule has 2 aromatic rings. The minimum absolute atomic E-state index is 0.210. The number of carbonyl (C=O) groups excluding carboxylic acids is 2. The standard InChI is InChI=1S/C20H21Cl2NO3/c21-16-10-4-11-17(20(16)22)23-18(24)12-5-13-19(25)26-14-6-9-15-7-2-1-3-8-15/h1-4,7-8,10-11H,5-6,9,12-14H2,(H,23,24). The van der Waals surface area contributed by atoms with E-state index in [1.165, 1.54) is 5.56 Å². The van der Waals surface area contributed by atoms with E-state index in [0.717, 1.165) is 12.8 Å². The Bertz CT molecular complexity index is 735. The molecule has 2 aromatic carbocycles. The van der Waals surface area contributed by atoms with Crippen LogP contribution in [0.15, 0.2) is 48.5 Å². The minimum atomic E-state index is -0.286. The van der Waals surface area contributed by atoms with E-state index in [4.69, 9.17) is 27.9 Å². The predicted octanol–water partition coefficient (Wildman–Crippen LogP) is 5.28. The lowest BCUT2D eigenvalue weighted by Crippen LogP contribution is -2.13. The van der Waals surface area contributed by atoms with Crippen molar-refractivity contribution in [1.29, 1.82) is 0 Å². The van der Waals surface area contributed by atoms with Crippen molar-refractivity contribution >= 4 is 40.8 Å². The van der Waals surface area contributed by atoms with Crippen LogP contribution in [0.3, 0.4) is 0 Å². The molecule has 0 atom stereocenters. The van der Waals surface area contributed by atoms with Crippen molar-refractivity contribution in [2.24, 2.45) is 0 Å². The van der Waals surface area contributed by atoms with Gasteiger partial charge in [-0.2, -0.15) is 0 Å². The third kappa shape index (κ3) is 7.06. The van der Waals surface area contributed by atoms with Crippen molar-refractivity contribution in [2.75, 3.05) is 11.9 Å². The lowest BCUT2D eigenvalue weighted by Gasteiger charge is -2.08. The zero-order chi connectivity index (χ0) is 18.8. The Labute approximate surface area is 163 Å². The summed E-state index contributed by atoms with van der Waals surface area (Å²) in [4.78, 5) is 23.6. The van der Waals surface area contributed by atoms with Crippen molar-refractivity contribution in [1.82, 2.24) is 0 Å². The number of nitrogens with one attached hydrogen (secondary N) is 1. The molecule has 0 aliphatic rings. The molecule has 0 aliphatic carbocycles. The van der Waals surface area contributed by atoms with Crippen molar-refractivity contribution in [3.05, 3.63) is 64.1 Å². The normalized spacial score (nSPS) is 10.4. The topological polar surface area (TPSA) is 55.4 Å². The second-order valence-corrected chi connectivity index (χ2v) is 6.60. The fraction of sp³-hybridized carbons (Fsp3) is 0.300. The summed E-state index contributed by atoms with van der Waals surface area (Å²) >= 11 is 11.9. The van der Waals surface area contributed by atoms with Gasteiger partial charge in [-0.15, -0.1) is 0 Å². The van der Waals surface area contributed by atoms with Crippen LogP contribution in [0, 0.1) is 0 Å². The number of anilines is 1. The molecule has 0 saturated carbocycles. The van der Waals surface area contributed by atoms with Crippen LogP contribution < -0.4 is 5.32 Å². The van der Waals surface area contributed by atoms with Crippen LogP contribution >= 0.6 is 23.2 Å². The number of esters is 1. The van der Waals surface area contributed by atoms with Gasteiger partial charge < -0.3 is 10.1 Å². The van der Waals surface area contributed by atoms with E-state index in [2.05, 4.69) is 5.32 Å². The number of halogens is 2. The summed E-state index contributed by atoms with van der Waals surface area (Å²) in [5.41, 5.74) is 1.69. The number of amides is 1. The first-order valence-corrected chi connectivity index (χ1v) is 9.25. The average Bonchev–Trinajstić information content (AvgIpc) is 2.63. The Morgan fingerprint density at radius 2 is 1.69 bits per heavy atom. The first-order chi connectivity index (χ1) is 12.6. The Morgan fingerprint density at radius 3 is 2.46 bits per heavy atom. The SMILES string of the molecule is O=C(CCCC(=O)OCCCc1ccccc1)Nc1cccc(Cl)c1Cl. The quantitative estimate of drug-likeness (QED) is 0.465. The summed E-state index contributed by atoms with van der Waals surface area (Å²) < 4.78 is 5.19. The van der Waals surface area contributed by atoms with Crippen molar-refractivity contribution in [2.45, 2.75) is 32.1 Å². The van der Waals surface area contributed by atoms with E-state index in [-0.39, 0.29) is 24.7 Å². The third-order valence-corrected chi connectivity index (χ3v) is 4.54. The van der Waals surface area contributed by atoms with Gasteiger partial charge in [0.2, 0.25) is 5.91 Å². The molecule has 0 fully saturated rings. The first-order valence-electron chi connectivity index (χ1n) is 8.49. The van der Waals surface area contributed by atoms with Gasteiger partial charge in [0.05, 0.1) is 22.3 Å². The zero-order valence-corrected chi connectivity index (χ0v) is 15.9. The van der Waals surface area contributed by atoms with Crippen LogP contribution in [0.1, 0.15) is 31.2 Å². The summed E-state index contributed by atoms with van der Waals surface area (Å²) in [6.07, 6.45) is 2.49. The monoisotopic (exact) mass is 393 g/mol. The lowest BCUT2D eigenvalue weighted by molar-refractivity contribution is -0.143. The fourth-order valence-corrected chi connectivity index (χ4v) is 2.73. The molecule has 0 aliphatic heterocycles. The number of hydrogen-bond donors (Lipinski definition) is 1. The second kappa shape index (κ2) is 10.8. The van der Waals surface area contributed by atoms with Gasteiger partial charge in [0.25, 0.3) is 0 Å². The highest BCUT2D eigenvalue weighted by molar-refractivity contribution is 6.43. The lowest BCUT2D eigenvalue weighted by atomic mass is 10.1. The molecule has 138 valence electrons. The summed E-state index contributed by atoms with van der Waals surface area (Å²) in [7, 11) is 0. The number of aryl methyl sites for hydroxylation is 1. The highest BCUT2D eigenvalue weighted by Gasteiger charge is 2.10. The van der Waals surface area contributed by atoms with Gasteiger partial charge in [0, 0.05) is 12.8 Å². The molecule has 1 amide bonds. The van der Waals surface area contributed by atoms with Crippen molar-refractivity contribution in [3.8, 4) is 0 Å². The molecule has 0 heterocycles. The van der Waals surface area contributed by atoms with Gasteiger partial charge in [0.1, 0.15) is 0 Å². The molecule has 1 N–H and O–H groups in total. The van der Waals surface area contributed by atoms with Gasteiger partial charge >= 0.3 is 5.97 Å². The molecule has 4 nitrogen and oxygen atoms in total. The Morgan fingerprint density at radius 1 is 0.923 bits per heavy atom. The van der Waals surface area contributed by atoms with Gasteiger partial charge in [-0.25, -0.2) is 0 Å². The maximum absolute atomic E-state index is 11.9. The van der Waals surface area contributed by atoms with E-state index in [9.17, 15) is 9.59 Å². The van der Waals surface area contributed by atoms with Crippen molar-refractivity contribution < 1.29 is 14.3 Å². The fourth-order valence-electron chi connectivity index (χ4n) is 2.39. The average molecular weight is 394 g/mol. The number of ether oxygens (including phenoxy) is 1. The van der Waals surface area contributed by atoms with Crippen molar-refractivity contribution in [3.63, 3.8) is 0 Å². The number of hydrogen-bond acceptors (Lipinski definition) is 3. The molecule has 0 radical (unpaired) electrons. The van der Waals surface area contributed by atoms with Crippen LogP contribution in [0.25, 0.3) is 0 Å².